The maximum absolute atomic E-state index is 12.7. The van der Waals surface area contributed by atoms with E-state index in [2.05, 4.69) is 39.0 Å². The molecular weight excluding hydrogens is 384 g/mol. The lowest BCUT2D eigenvalue weighted by Crippen LogP contribution is -2.47. The monoisotopic (exact) mass is 408 g/mol. The van der Waals surface area contributed by atoms with E-state index in [-0.39, 0.29) is 5.56 Å². The zero-order chi connectivity index (χ0) is 20.2. The molecule has 150 valence electrons. The average molecular weight is 409 g/mol. The molecule has 2 aromatic carbocycles. The van der Waals surface area contributed by atoms with Crippen molar-refractivity contribution in [2.75, 3.05) is 31.1 Å². The first-order chi connectivity index (χ1) is 14.1. The Balaban J connectivity index is 1.42. The van der Waals surface area contributed by atoms with Crippen LogP contribution in [0.4, 0.5) is 5.95 Å². The zero-order valence-corrected chi connectivity index (χ0v) is 17.3. The molecule has 1 aromatic heterocycles. The normalized spacial score (nSPS) is 14.9. The van der Waals surface area contributed by atoms with E-state index in [4.69, 9.17) is 16.6 Å². The Bertz CT molecular complexity index is 1010. The summed E-state index contributed by atoms with van der Waals surface area (Å²) in [6.07, 6.45) is 0.552. The van der Waals surface area contributed by atoms with Crippen LogP contribution < -0.4 is 10.5 Å². The third-order valence-electron chi connectivity index (χ3n) is 5.42. The highest BCUT2D eigenvalue weighted by molar-refractivity contribution is 6.30. The van der Waals surface area contributed by atoms with Crippen LogP contribution in [0.25, 0.3) is 0 Å². The van der Waals surface area contributed by atoms with Gasteiger partial charge in [0.05, 0.1) is 5.69 Å². The molecule has 29 heavy (non-hydrogen) atoms. The summed E-state index contributed by atoms with van der Waals surface area (Å²) >= 11 is 5.95. The predicted molar refractivity (Wildman–Crippen MR) is 118 cm³/mol. The third-order valence-corrected chi connectivity index (χ3v) is 5.68. The fourth-order valence-electron chi connectivity index (χ4n) is 3.72. The van der Waals surface area contributed by atoms with E-state index in [1.54, 1.807) is 0 Å². The molecule has 1 aliphatic rings. The predicted octanol–water partition coefficient (Wildman–Crippen LogP) is 3.64. The van der Waals surface area contributed by atoms with Crippen molar-refractivity contribution < 1.29 is 0 Å². The Labute approximate surface area is 176 Å². The second-order valence-electron chi connectivity index (χ2n) is 7.51. The highest BCUT2D eigenvalue weighted by atomic mass is 35.5. The summed E-state index contributed by atoms with van der Waals surface area (Å²) in [6.45, 7) is 6.47. The number of anilines is 1. The van der Waals surface area contributed by atoms with Crippen LogP contribution in [0.15, 0.2) is 59.4 Å². The second-order valence-corrected chi connectivity index (χ2v) is 7.94. The minimum Gasteiger partial charge on any atom is -0.340 e. The molecule has 5 nitrogen and oxygen atoms in total. The van der Waals surface area contributed by atoms with E-state index >= 15 is 0 Å². The van der Waals surface area contributed by atoms with Gasteiger partial charge in [0.1, 0.15) is 0 Å². The summed E-state index contributed by atoms with van der Waals surface area (Å²) in [5.41, 5.74) is 3.81. The Morgan fingerprint density at radius 1 is 0.966 bits per heavy atom. The van der Waals surface area contributed by atoms with E-state index in [0.29, 0.717) is 23.0 Å². The van der Waals surface area contributed by atoms with Crippen LogP contribution in [-0.2, 0) is 13.0 Å². The maximum atomic E-state index is 12.7. The van der Waals surface area contributed by atoms with Crippen molar-refractivity contribution in [2.45, 2.75) is 19.9 Å². The van der Waals surface area contributed by atoms with Gasteiger partial charge in [0, 0.05) is 49.7 Å². The van der Waals surface area contributed by atoms with Crippen LogP contribution in [0.2, 0.25) is 5.02 Å². The number of aromatic amines is 1. The molecule has 0 bridgehead atoms. The van der Waals surface area contributed by atoms with Gasteiger partial charge >= 0.3 is 0 Å². The number of hydrogen-bond acceptors (Lipinski definition) is 4. The summed E-state index contributed by atoms with van der Waals surface area (Å²) in [4.78, 5) is 25.0. The molecule has 1 aliphatic heterocycles. The number of piperazine rings is 1. The molecule has 0 saturated carbocycles. The van der Waals surface area contributed by atoms with Gasteiger partial charge < -0.3 is 4.90 Å². The molecule has 2 heterocycles. The molecule has 0 spiro atoms. The molecule has 0 radical (unpaired) electrons. The van der Waals surface area contributed by atoms with Crippen molar-refractivity contribution in [2.24, 2.45) is 0 Å². The number of rotatable bonds is 5. The van der Waals surface area contributed by atoms with Crippen molar-refractivity contribution in [1.29, 1.82) is 0 Å². The first kappa shape index (κ1) is 19.7. The smallest absolute Gasteiger partial charge is 0.256 e. The van der Waals surface area contributed by atoms with Crippen molar-refractivity contribution in [3.05, 3.63) is 92.4 Å². The summed E-state index contributed by atoms with van der Waals surface area (Å²) in [5.74, 6) is 0.673. The number of nitrogens with zero attached hydrogens (tertiary/aromatic N) is 3. The summed E-state index contributed by atoms with van der Waals surface area (Å²) < 4.78 is 0. The van der Waals surface area contributed by atoms with E-state index in [0.717, 1.165) is 44.0 Å². The van der Waals surface area contributed by atoms with E-state index in [9.17, 15) is 4.79 Å². The van der Waals surface area contributed by atoms with Crippen molar-refractivity contribution in [3.8, 4) is 0 Å². The van der Waals surface area contributed by atoms with Crippen molar-refractivity contribution >= 4 is 17.5 Å². The second kappa shape index (κ2) is 8.80. The number of H-pyrrole nitrogens is 1. The Hall–Kier alpha value is -2.63. The summed E-state index contributed by atoms with van der Waals surface area (Å²) in [7, 11) is 0. The SMILES string of the molecule is Cc1nc(N2CCN(Cc3ccccc3)CC2)[nH]c(=O)c1Cc1ccc(Cl)cc1. The minimum atomic E-state index is -0.0610. The summed E-state index contributed by atoms with van der Waals surface area (Å²) in [5, 5.41) is 0.694. The van der Waals surface area contributed by atoms with Crippen LogP contribution in [0.3, 0.4) is 0 Å². The lowest BCUT2D eigenvalue weighted by molar-refractivity contribution is 0.248. The first-order valence-electron chi connectivity index (χ1n) is 9.94. The molecule has 0 unspecified atom stereocenters. The van der Waals surface area contributed by atoms with Gasteiger partial charge in [-0.25, -0.2) is 4.98 Å². The highest BCUT2D eigenvalue weighted by Gasteiger charge is 2.20. The fraction of sp³-hybridized carbons (Fsp3) is 0.304. The molecule has 1 fully saturated rings. The van der Waals surface area contributed by atoms with E-state index in [1.165, 1.54) is 5.56 Å². The zero-order valence-electron chi connectivity index (χ0n) is 16.6. The lowest BCUT2D eigenvalue weighted by atomic mass is 10.1. The van der Waals surface area contributed by atoms with Crippen molar-refractivity contribution in [1.82, 2.24) is 14.9 Å². The summed E-state index contributed by atoms with van der Waals surface area (Å²) in [6, 6.07) is 18.1. The van der Waals surface area contributed by atoms with Crippen molar-refractivity contribution in [3.63, 3.8) is 0 Å². The number of aromatic nitrogens is 2. The van der Waals surface area contributed by atoms with Crippen LogP contribution in [-0.4, -0.2) is 41.0 Å². The van der Waals surface area contributed by atoms with Gasteiger partial charge in [-0.1, -0.05) is 54.1 Å². The van der Waals surface area contributed by atoms with E-state index < -0.39 is 0 Å². The number of hydrogen-bond donors (Lipinski definition) is 1. The number of halogens is 1. The standard InChI is InChI=1S/C23H25ClN4O/c1-17-21(15-18-7-9-20(24)10-8-18)22(29)26-23(25-17)28-13-11-27(12-14-28)16-19-5-3-2-4-6-19/h2-10H,11-16H2,1H3,(H,25,26,29). The molecule has 0 amide bonds. The highest BCUT2D eigenvalue weighted by Crippen LogP contribution is 2.16. The Morgan fingerprint density at radius 2 is 1.66 bits per heavy atom. The fourth-order valence-corrected chi connectivity index (χ4v) is 3.85. The molecule has 1 N–H and O–H groups in total. The average Bonchev–Trinajstić information content (AvgIpc) is 2.73. The molecule has 3 aromatic rings. The van der Waals surface area contributed by atoms with Gasteiger partial charge in [0.2, 0.25) is 5.95 Å². The van der Waals surface area contributed by atoms with Gasteiger partial charge in [-0.2, -0.15) is 0 Å². The molecular formula is C23H25ClN4O. The number of nitrogens with one attached hydrogen (secondary N) is 1. The van der Waals surface area contributed by atoms with Crippen LogP contribution in [0.5, 0.6) is 0 Å². The third kappa shape index (κ3) is 4.86. The van der Waals surface area contributed by atoms with Gasteiger partial charge in [-0.3, -0.25) is 14.7 Å². The van der Waals surface area contributed by atoms with Crippen LogP contribution in [0.1, 0.15) is 22.4 Å². The number of aryl methyl sites for hydroxylation is 1. The Morgan fingerprint density at radius 3 is 2.31 bits per heavy atom. The lowest BCUT2D eigenvalue weighted by Gasteiger charge is -2.35. The molecule has 6 heteroatoms. The maximum Gasteiger partial charge on any atom is 0.256 e. The quantitative estimate of drug-likeness (QED) is 0.700. The van der Waals surface area contributed by atoms with Gasteiger partial charge in [0.25, 0.3) is 5.56 Å². The van der Waals surface area contributed by atoms with Gasteiger partial charge in [0.15, 0.2) is 0 Å². The van der Waals surface area contributed by atoms with Crippen LogP contribution >= 0.6 is 11.6 Å². The largest absolute Gasteiger partial charge is 0.340 e. The molecule has 0 aliphatic carbocycles. The first-order valence-corrected chi connectivity index (χ1v) is 10.3. The molecule has 4 rings (SSSR count). The minimum absolute atomic E-state index is 0.0610. The molecule has 0 atom stereocenters. The van der Waals surface area contributed by atoms with Gasteiger partial charge in [-0.15, -0.1) is 0 Å². The van der Waals surface area contributed by atoms with Gasteiger partial charge in [-0.05, 0) is 30.2 Å². The van der Waals surface area contributed by atoms with E-state index in [1.807, 2.05) is 37.3 Å². The topological polar surface area (TPSA) is 52.2 Å². The molecule has 1 saturated heterocycles. The number of benzene rings is 2. The van der Waals surface area contributed by atoms with Crippen LogP contribution in [0, 0.1) is 6.92 Å². The Kier molecular flexibility index (Phi) is 5.97.